The first-order chi connectivity index (χ1) is 8.43. The first-order valence-corrected chi connectivity index (χ1v) is 6.71. The van der Waals surface area contributed by atoms with Gasteiger partial charge in [-0.05, 0) is 31.7 Å². The SMILES string of the molecule is CC(C/C(N)=N/O)N(C)Cc1ccc(Br)cc1Cl. The normalized spacial score (nSPS) is 13.9. The number of oxime groups is 1. The lowest BCUT2D eigenvalue weighted by atomic mass is 10.1. The number of nitrogens with two attached hydrogens (primary N) is 1. The van der Waals surface area contributed by atoms with E-state index in [1.165, 1.54) is 0 Å². The Labute approximate surface area is 121 Å². The molecule has 0 aliphatic rings. The maximum Gasteiger partial charge on any atom is 0.140 e. The van der Waals surface area contributed by atoms with Gasteiger partial charge in [-0.25, -0.2) is 0 Å². The summed E-state index contributed by atoms with van der Waals surface area (Å²) in [4.78, 5) is 2.10. The van der Waals surface area contributed by atoms with Crippen molar-refractivity contribution in [3.63, 3.8) is 0 Å². The first-order valence-electron chi connectivity index (χ1n) is 5.54. The summed E-state index contributed by atoms with van der Waals surface area (Å²) in [5.74, 6) is 0.233. The third-order valence-electron chi connectivity index (χ3n) is 2.82. The summed E-state index contributed by atoms with van der Waals surface area (Å²) in [6.45, 7) is 2.73. The molecule has 1 rings (SSSR count). The lowest BCUT2D eigenvalue weighted by Gasteiger charge is -2.24. The van der Waals surface area contributed by atoms with Crippen LogP contribution in [0.25, 0.3) is 0 Å². The highest BCUT2D eigenvalue weighted by Gasteiger charge is 2.13. The summed E-state index contributed by atoms with van der Waals surface area (Å²) in [6, 6.07) is 5.99. The highest BCUT2D eigenvalue weighted by molar-refractivity contribution is 9.10. The Kier molecular flexibility index (Phi) is 5.91. The Morgan fingerprint density at radius 2 is 2.28 bits per heavy atom. The van der Waals surface area contributed by atoms with Crippen molar-refractivity contribution in [3.05, 3.63) is 33.3 Å². The summed E-state index contributed by atoms with van der Waals surface area (Å²) in [7, 11) is 1.98. The predicted octanol–water partition coefficient (Wildman–Crippen LogP) is 3.06. The van der Waals surface area contributed by atoms with Gasteiger partial charge in [-0.2, -0.15) is 0 Å². The molecule has 0 saturated heterocycles. The zero-order valence-electron chi connectivity index (χ0n) is 10.4. The number of rotatable bonds is 5. The van der Waals surface area contributed by atoms with Crippen molar-refractivity contribution in [2.45, 2.75) is 25.9 Å². The van der Waals surface area contributed by atoms with Crippen molar-refractivity contribution in [1.82, 2.24) is 4.90 Å². The van der Waals surface area contributed by atoms with Gasteiger partial charge in [0.2, 0.25) is 0 Å². The van der Waals surface area contributed by atoms with Gasteiger partial charge in [-0.15, -0.1) is 0 Å². The van der Waals surface area contributed by atoms with E-state index in [9.17, 15) is 0 Å². The van der Waals surface area contributed by atoms with E-state index in [4.69, 9.17) is 22.5 Å². The Morgan fingerprint density at radius 1 is 1.61 bits per heavy atom. The Balaban J connectivity index is 2.66. The lowest BCUT2D eigenvalue weighted by molar-refractivity contribution is 0.251. The summed E-state index contributed by atoms with van der Waals surface area (Å²) < 4.78 is 0.962. The Morgan fingerprint density at radius 3 is 2.83 bits per heavy atom. The molecule has 1 unspecified atom stereocenters. The molecule has 0 aliphatic carbocycles. The number of hydrogen-bond acceptors (Lipinski definition) is 3. The molecule has 0 radical (unpaired) electrons. The van der Waals surface area contributed by atoms with E-state index < -0.39 is 0 Å². The van der Waals surface area contributed by atoms with E-state index in [0.29, 0.717) is 13.0 Å². The second-order valence-electron chi connectivity index (χ2n) is 4.30. The predicted molar refractivity (Wildman–Crippen MR) is 78.1 cm³/mol. The van der Waals surface area contributed by atoms with Crippen molar-refractivity contribution in [3.8, 4) is 0 Å². The van der Waals surface area contributed by atoms with E-state index >= 15 is 0 Å². The summed E-state index contributed by atoms with van der Waals surface area (Å²) in [5.41, 5.74) is 6.55. The zero-order valence-corrected chi connectivity index (χ0v) is 12.7. The van der Waals surface area contributed by atoms with Crippen LogP contribution in [0.3, 0.4) is 0 Å². The van der Waals surface area contributed by atoms with Gasteiger partial charge in [-0.3, -0.25) is 4.90 Å². The minimum Gasteiger partial charge on any atom is -0.409 e. The quantitative estimate of drug-likeness (QED) is 0.376. The van der Waals surface area contributed by atoms with Crippen molar-refractivity contribution in [1.29, 1.82) is 0 Å². The highest BCUT2D eigenvalue weighted by atomic mass is 79.9. The topological polar surface area (TPSA) is 61.9 Å². The van der Waals surface area contributed by atoms with E-state index in [1.807, 2.05) is 32.2 Å². The third-order valence-corrected chi connectivity index (χ3v) is 3.67. The monoisotopic (exact) mass is 333 g/mol. The van der Waals surface area contributed by atoms with Gasteiger partial charge in [0.15, 0.2) is 0 Å². The van der Waals surface area contributed by atoms with Crippen LogP contribution in [0, 0.1) is 0 Å². The molecule has 0 amide bonds. The van der Waals surface area contributed by atoms with Crippen LogP contribution in [0.2, 0.25) is 5.02 Å². The van der Waals surface area contributed by atoms with Crippen molar-refractivity contribution >= 4 is 33.4 Å². The average molecular weight is 335 g/mol. The van der Waals surface area contributed by atoms with Crippen LogP contribution in [0.5, 0.6) is 0 Å². The molecule has 0 aromatic heterocycles. The van der Waals surface area contributed by atoms with Gasteiger partial charge >= 0.3 is 0 Å². The molecule has 0 bridgehead atoms. The number of halogens is 2. The first kappa shape index (κ1) is 15.3. The molecule has 0 spiro atoms. The number of benzene rings is 1. The molecular weight excluding hydrogens is 318 g/mol. The average Bonchev–Trinajstić information content (AvgIpc) is 2.32. The van der Waals surface area contributed by atoms with Crippen LogP contribution in [0.1, 0.15) is 18.9 Å². The van der Waals surface area contributed by atoms with Crippen molar-refractivity contribution in [2.24, 2.45) is 10.9 Å². The molecule has 4 nitrogen and oxygen atoms in total. The summed E-state index contributed by atoms with van der Waals surface area (Å²) >= 11 is 9.54. The molecular formula is C12H17BrClN3O. The highest BCUT2D eigenvalue weighted by Crippen LogP contribution is 2.23. The maximum absolute atomic E-state index is 8.55. The van der Waals surface area contributed by atoms with Crippen LogP contribution < -0.4 is 5.73 Å². The zero-order chi connectivity index (χ0) is 13.7. The van der Waals surface area contributed by atoms with Crippen molar-refractivity contribution in [2.75, 3.05) is 7.05 Å². The molecule has 18 heavy (non-hydrogen) atoms. The molecule has 1 aromatic rings. The fourth-order valence-electron chi connectivity index (χ4n) is 1.57. The van der Waals surface area contributed by atoms with Crippen LogP contribution in [-0.2, 0) is 6.54 Å². The maximum atomic E-state index is 8.55. The second kappa shape index (κ2) is 6.97. The molecule has 0 saturated carbocycles. The fraction of sp³-hybridized carbons (Fsp3) is 0.417. The van der Waals surface area contributed by atoms with Crippen LogP contribution in [0.15, 0.2) is 27.8 Å². The van der Waals surface area contributed by atoms with Crippen LogP contribution in [0.4, 0.5) is 0 Å². The van der Waals surface area contributed by atoms with Gasteiger partial charge < -0.3 is 10.9 Å². The summed E-state index contributed by atoms with van der Waals surface area (Å²) in [5, 5.41) is 12.3. The lowest BCUT2D eigenvalue weighted by Crippen LogP contribution is -2.32. The number of amidine groups is 1. The molecule has 0 aliphatic heterocycles. The minimum atomic E-state index is 0.167. The fourth-order valence-corrected chi connectivity index (χ4v) is 2.31. The van der Waals surface area contributed by atoms with E-state index in [0.717, 1.165) is 15.1 Å². The Bertz CT molecular complexity index is 439. The van der Waals surface area contributed by atoms with Gasteiger partial charge in [0.25, 0.3) is 0 Å². The smallest absolute Gasteiger partial charge is 0.140 e. The van der Waals surface area contributed by atoms with Gasteiger partial charge in [0.1, 0.15) is 5.84 Å². The Hall–Kier alpha value is -0.780. The molecule has 0 heterocycles. The van der Waals surface area contributed by atoms with Crippen LogP contribution in [-0.4, -0.2) is 29.0 Å². The molecule has 100 valence electrons. The largest absolute Gasteiger partial charge is 0.409 e. The van der Waals surface area contributed by atoms with E-state index in [1.54, 1.807) is 0 Å². The third kappa shape index (κ3) is 4.48. The van der Waals surface area contributed by atoms with Gasteiger partial charge in [-0.1, -0.05) is 38.8 Å². The number of hydrogen-bond donors (Lipinski definition) is 2. The number of nitrogens with zero attached hydrogens (tertiary/aromatic N) is 2. The summed E-state index contributed by atoms with van der Waals surface area (Å²) in [6.07, 6.45) is 0.515. The molecule has 3 N–H and O–H groups in total. The van der Waals surface area contributed by atoms with E-state index in [2.05, 4.69) is 26.0 Å². The van der Waals surface area contributed by atoms with Gasteiger partial charge in [0.05, 0.1) is 0 Å². The standard InChI is InChI=1S/C12H17BrClN3O/c1-8(5-12(15)16-18)17(2)7-9-3-4-10(13)6-11(9)14/h3-4,6,8,18H,5,7H2,1-2H3,(H2,15,16). The molecule has 1 aromatic carbocycles. The van der Waals surface area contributed by atoms with E-state index in [-0.39, 0.29) is 11.9 Å². The second-order valence-corrected chi connectivity index (χ2v) is 5.62. The van der Waals surface area contributed by atoms with Gasteiger partial charge in [0, 0.05) is 28.5 Å². The molecule has 6 heteroatoms. The van der Waals surface area contributed by atoms with Crippen LogP contribution >= 0.6 is 27.5 Å². The molecule has 1 atom stereocenters. The minimum absolute atomic E-state index is 0.167. The molecule has 0 fully saturated rings. The van der Waals surface area contributed by atoms with Crippen molar-refractivity contribution < 1.29 is 5.21 Å².